The van der Waals surface area contributed by atoms with Crippen LogP contribution in [0.5, 0.6) is 17.2 Å². The number of rotatable bonds is 7. The summed E-state index contributed by atoms with van der Waals surface area (Å²) in [6.45, 7) is 4.09. The van der Waals surface area contributed by atoms with Crippen molar-refractivity contribution in [1.29, 1.82) is 0 Å². The summed E-state index contributed by atoms with van der Waals surface area (Å²) in [4.78, 5) is 30.7. The Morgan fingerprint density at radius 1 is 1.03 bits per heavy atom. The molecule has 192 valence electrons. The van der Waals surface area contributed by atoms with Gasteiger partial charge < -0.3 is 14.8 Å². The highest BCUT2D eigenvalue weighted by molar-refractivity contribution is 6.05. The van der Waals surface area contributed by atoms with Gasteiger partial charge in [-0.25, -0.2) is 9.07 Å². The molecule has 0 aliphatic rings. The zero-order valence-corrected chi connectivity index (χ0v) is 21.1. The molecule has 9 heteroatoms. The summed E-state index contributed by atoms with van der Waals surface area (Å²) in [7, 11) is 1.57. The zero-order valence-electron chi connectivity index (χ0n) is 21.1. The van der Waals surface area contributed by atoms with Gasteiger partial charge in [0, 0.05) is 35.9 Å². The Kier molecular flexibility index (Phi) is 6.66. The molecule has 0 unspecified atom stereocenters. The number of benzene rings is 3. The lowest BCUT2D eigenvalue weighted by atomic mass is 10.2. The first-order chi connectivity index (χ1) is 18.4. The van der Waals surface area contributed by atoms with E-state index in [2.05, 4.69) is 10.3 Å². The molecule has 38 heavy (non-hydrogen) atoms. The van der Waals surface area contributed by atoms with Crippen LogP contribution in [0.1, 0.15) is 23.0 Å². The van der Waals surface area contributed by atoms with Crippen molar-refractivity contribution < 1.29 is 18.7 Å². The van der Waals surface area contributed by atoms with E-state index in [-0.39, 0.29) is 17.0 Å². The standard InChI is InChI=1S/C29H25FN4O4/c1-4-33-18(2)27(29(36)34(33)20-8-6-5-7-9-20)28(35)32-19-10-13-26(23(30)16-19)38-25-14-15-31-24-17-21(37-3)11-12-22(24)25/h5-17H,4H2,1-3H3,(H,32,35). The summed E-state index contributed by atoms with van der Waals surface area (Å²) in [5.74, 6) is -0.247. The number of para-hydroxylation sites is 1. The Morgan fingerprint density at radius 2 is 1.82 bits per heavy atom. The minimum Gasteiger partial charge on any atom is -0.497 e. The normalized spacial score (nSPS) is 10.9. The van der Waals surface area contributed by atoms with Crippen LogP contribution in [0.2, 0.25) is 0 Å². The van der Waals surface area contributed by atoms with E-state index in [1.807, 2.05) is 25.1 Å². The average Bonchev–Trinajstić information content (AvgIpc) is 3.19. The van der Waals surface area contributed by atoms with Crippen LogP contribution in [0.25, 0.3) is 16.6 Å². The molecule has 0 radical (unpaired) electrons. The van der Waals surface area contributed by atoms with Gasteiger partial charge in [0.05, 0.1) is 24.0 Å². The van der Waals surface area contributed by atoms with Crippen molar-refractivity contribution in [2.45, 2.75) is 20.4 Å². The van der Waals surface area contributed by atoms with Crippen LogP contribution in [0.15, 0.2) is 83.8 Å². The minimum absolute atomic E-state index is 0.00452. The second-order valence-electron chi connectivity index (χ2n) is 8.52. The van der Waals surface area contributed by atoms with Gasteiger partial charge in [-0.3, -0.25) is 19.3 Å². The number of aromatic nitrogens is 3. The molecule has 0 saturated carbocycles. The molecule has 0 spiro atoms. The second kappa shape index (κ2) is 10.2. The van der Waals surface area contributed by atoms with E-state index < -0.39 is 17.3 Å². The maximum absolute atomic E-state index is 15.0. The van der Waals surface area contributed by atoms with Gasteiger partial charge in [-0.05, 0) is 56.3 Å². The first-order valence-electron chi connectivity index (χ1n) is 12.0. The third kappa shape index (κ3) is 4.50. The maximum Gasteiger partial charge on any atom is 0.284 e. The smallest absolute Gasteiger partial charge is 0.284 e. The molecule has 0 saturated heterocycles. The lowest BCUT2D eigenvalue weighted by Gasteiger charge is -2.11. The molecule has 2 aromatic heterocycles. The predicted molar refractivity (Wildman–Crippen MR) is 143 cm³/mol. The number of nitrogens with one attached hydrogen (secondary N) is 1. The highest BCUT2D eigenvalue weighted by atomic mass is 19.1. The van der Waals surface area contributed by atoms with Crippen molar-refractivity contribution in [3.63, 3.8) is 0 Å². The number of ether oxygens (including phenoxy) is 2. The fraction of sp³-hybridized carbons (Fsp3) is 0.138. The summed E-state index contributed by atoms with van der Waals surface area (Å²) in [5.41, 5.74) is 1.54. The molecule has 0 bridgehead atoms. The molecule has 0 aliphatic heterocycles. The SMILES string of the molecule is CCn1c(C)c(C(=O)Nc2ccc(Oc3ccnc4cc(OC)ccc34)c(F)c2)c(=O)n1-c1ccccc1. The molecule has 0 fully saturated rings. The summed E-state index contributed by atoms with van der Waals surface area (Å²) in [5, 5.41) is 3.34. The van der Waals surface area contributed by atoms with Crippen molar-refractivity contribution in [2.24, 2.45) is 0 Å². The number of halogens is 1. The quantitative estimate of drug-likeness (QED) is 0.302. The van der Waals surface area contributed by atoms with Crippen LogP contribution in [0.3, 0.4) is 0 Å². The van der Waals surface area contributed by atoms with Gasteiger partial charge in [0.15, 0.2) is 11.6 Å². The van der Waals surface area contributed by atoms with Crippen molar-refractivity contribution in [2.75, 3.05) is 12.4 Å². The van der Waals surface area contributed by atoms with Gasteiger partial charge in [0.25, 0.3) is 11.5 Å². The fourth-order valence-electron chi connectivity index (χ4n) is 4.41. The number of carbonyl (C=O) groups excluding carboxylic acids is 1. The van der Waals surface area contributed by atoms with Crippen LogP contribution in [-0.2, 0) is 6.54 Å². The molecule has 2 heterocycles. The third-order valence-corrected chi connectivity index (χ3v) is 6.24. The van der Waals surface area contributed by atoms with Crippen molar-refractivity contribution >= 4 is 22.5 Å². The number of nitrogens with zero attached hydrogens (tertiary/aromatic N) is 3. The van der Waals surface area contributed by atoms with Gasteiger partial charge in [0.1, 0.15) is 17.1 Å². The number of carbonyl (C=O) groups is 1. The van der Waals surface area contributed by atoms with Gasteiger partial charge in [0.2, 0.25) is 0 Å². The monoisotopic (exact) mass is 512 g/mol. The van der Waals surface area contributed by atoms with Gasteiger partial charge >= 0.3 is 0 Å². The minimum atomic E-state index is -0.675. The second-order valence-corrected chi connectivity index (χ2v) is 8.52. The van der Waals surface area contributed by atoms with Crippen molar-refractivity contribution in [1.82, 2.24) is 14.3 Å². The molecule has 0 atom stereocenters. The number of hydrogen-bond acceptors (Lipinski definition) is 5. The van der Waals surface area contributed by atoms with Crippen LogP contribution in [0, 0.1) is 12.7 Å². The van der Waals surface area contributed by atoms with E-state index in [1.54, 1.807) is 61.3 Å². The zero-order chi connectivity index (χ0) is 26.8. The number of pyridine rings is 1. The number of fused-ring (bicyclic) bond motifs is 1. The molecular weight excluding hydrogens is 487 g/mol. The number of amides is 1. The Morgan fingerprint density at radius 3 is 2.53 bits per heavy atom. The van der Waals surface area contributed by atoms with E-state index in [9.17, 15) is 9.59 Å². The van der Waals surface area contributed by atoms with Crippen LogP contribution >= 0.6 is 0 Å². The van der Waals surface area contributed by atoms with Crippen LogP contribution in [-0.4, -0.2) is 27.4 Å². The van der Waals surface area contributed by atoms with E-state index in [1.165, 1.54) is 16.8 Å². The molecule has 5 rings (SSSR count). The van der Waals surface area contributed by atoms with E-state index in [0.717, 1.165) is 6.07 Å². The third-order valence-electron chi connectivity index (χ3n) is 6.24. The maximum atomic E-state index is 15.0. The topological polar surface area (TPSA) is 87.4 Å². The largest absolute Gasteiger partial charge is 0.497 e. The Hall–Kier alpha value is -4.92. The molecule has 8 nitrogen and oxygen atoms in total. The van der Waals surface area contributed by atoms with E-state index >= 15 is 4.39 Å². The highest BCUT2D eigenvalue weighted by Gasteiger charge is 2.23. The molecule has 1 N–H and O–H groups in total. The number of anilines is 1. The summed E-state index contributed by atoms with van der Waals surface area (Å²) < 4.78 is 29.3. The predicted octanol–water partition coefficient (Wildman–Crippen LogP) is 5.71. The van der Waals surface area contributed by atoms with Gasteiger partial charge in [-0.1, -0.05) is 18.2 Å². The molecule has 1 amide bonds. The first-order valence-corrected chi connectivity index (χ1v) is 12.0. The first kappa shape index (κ1) is 24.8. The average molecular weight is 513 g/mol. The van der Waals surface area contributed by atoms with Gasteiger partial charge in [-0.15, -0.1) is 0 Å². The highest BCUT2D eigenvalue weighted by Crippen LogP contribution is 2.33. The van der Waals surface area contributed by atoms with Crippen molar-refractivity contribution in [3.8, 4) is 22.9 Å². The Labute approximate surface area is 217 Å². The molecule has 3 aromatic carbocycles. The summed E-state index contributed by atoms with van der Waals surface area (Å²) in [6.07, 6.45) is 1.57. The Balaban J connectivity index is 1.41. The van der Waals surface area contributed by atoms with E-state index in [0.29, 0.717) is 40.3 Å². The lowest BCUT2D eigenvalue weighted by molar-refractivity contribution is 0.102. The molecule has 5 aromatic rings. The molecule has 0 aliphatic carbocycles. The van der Waals surface area contributed by atoms with E-state index in [4.69, 9.17) is 9.47 Å². The van der Waals surface area contributed by atoms with Crippen LogP contribution in [0.4, 0.5) is 10.1 Å². The summed E-state index contributed by atoms with van der Waals surface area (Å²) >= 11 is 0. The fourth-order valence-corrected chi connectivity index (χ4v) is 4.41. The lowest BCUT2D eigenvalue weighted by Crippen LogP contribution is -2.25. The number of methoxy groups -OCH3 is 1. The van der Waals surface area contributed by atoms with Crippen LogP contribution < -0.4 is 20.3 Å². The van der Waals surface area contributed by atoms with Crippen molar-refractivity contribution in [3.05, 3.63) is 106 Å². The Bertz CT molecular complexity index is 1710. The number of hydrogen-bond donors (Lipinski definition) is 1. The molecular formula is C29H25FN4O4. The van der Waals surface area contributed by atoms with Gasteiger partial charge in [-0.2, -0.15) is 0 Å². The summed E-state index contributed by atoms with van der Waals surface area (Å²) in [6, 6.07) is 20.1.